The fourth-order valence-electron chi connectivity index (χ4n) is 1.73. The third kappa shape index (κ3) is 3.88. The van der Waals surface area contributed by atoms with E-state index >= 15 is 0 Å². The summed E-state index contributed by atoms with van der Waals surface area (Å²) in [6.45, 7) is 2.43. The minimum atomic E-state index is -0.627. The molecule has 0 atom stereocenters. The Labute approximate surface area is 90.0 Å². The van der Waals surface area contributed by atoms with E-state index in [1.165, 1.54) is 0 Å². The maximum atomic E-state index is 10.1. The Kier molecular flexibility index (Phi) is 4.25. The SMILES string of the molecule is CN(CC(N)=S)CC1(O)CCOCC1. The van der Waals surface area contributed by atoms with Gasteiger partial charge in [0.05, 0.1) is 10.6 Å². The van der Waals surface area contributed by atoms with E-state index in [1.54, 1.807) is 0 Å². The molecule has 0 aliphatic carbocycles. The van der Waals surface area contributed by atoms with Gasteiger partial charge in [0.2, 0.25) is 0 Å². The number of aliphatic hydroxyl groups is 1. The van der Waals surface area contributed by atoms with E-state index in [4.69, 9.17) is 22.7 Å². The first-order valence-corrected chi connectivity index (χ1v) is 5.20. The predicted octanol–water partition coefficient (Wildman–Crippen LogP) is -0.254. The average molecular weight is 218 g/mol. The van der Waals surface area contributed by atoms with Crippen molar-refractivity contribution in [3.63, 3.8) is 0 Å². The lowest BCUT2D eigenvalue weighted by Crippen LogP contribution is -2.47. The van der Waals surface area contributed by atoms with Crippen LogP contribution in [0.3, 0.4) is 0 Å². The first kappa shape index (κ1) is 11.8. The molecule has 82 valence electrons. The van der Waals surface area contributed by atoms with Crippen LogP contribution in [0.4, 0.5) is 0 Å². The molecule has 4 nitrogen and oxygen atoms in total. The molecular formula is C9H18N2O2S. The third-order valence-electron chi connectivity index (χ3n) is 2.41. The van der Waals surface area contributed by atoms with Gasteiger partial charge in [-0.1, -0.05) is 12.2 Å². The largest absolute Gasteiger partial charge is 0.392 e. The van der Waals surface area contributed by atoms with Crippen LogP contribution in [0.5, 0.6) is 0 Å². The molecule has 1 saturated heterocycles. The molecule has 0 aromatic carbocycles. The molecule has 0 bridgehead atoms. The molecule has 0 radical (unpaired) electrons. The maximum absolute atomic E-state index is 10.1. The Bertz CT molecular complexity index is 205. The van der Waals surface area contributed by atoms with Gasteiger partial charge in [-0.3, -0.25) is 4.90 Å². The fourth-order valence-corrected chi connectivity index (χ4v) is 1.95. The van der Waals surface area contributed by atoms with Gasteiger partial charge in [0.1, 0.15) is 0 Å². The van der Waals surface area contributed by atoms with Crippen molar-refractivity contribution in [3.05, 3.63) is 0 Å². The zero-order chi connectivity index (χ0) is 10.6. The highest BCUT2D eigenvalue weighted by molar-refractivity contribution is 7.80. The lowest BCUT2D eigenvalue weighted by Gasteiger charge is -2.35. The minimum Gasteiger partial charge on any atom is -0.392 e. The Morgan fingerprint density at radius 3 is 2.64 bits per heavy atom. The molecule has 0 unspecified atom stereocenters. The molecule has 5 heteroatoms. The van der Waals surface area contributed by atoms with Crippen LogP contribution in [0.2, 0.25) is 0 Å². The van der Waals surface area contributed by atoms with Crippen molar-refractivity contribution in [2.75, 3.05) is 33.4 Å². The number of likely N-dealkylation sites (N-methyl/N-ethyl adjacent to an activating group) is 1. The Morgan fingerprint density at radius 2 is 2.14 bits per heavy atom. The molecule has 0 amide bonds. The van der Waals surface area contributed by atoms with Crippen molar-refractivity contribution in [1.82, 2.24) is 4.90 Å². The van der Waals surface area contributed by atoms with E-state index in [1.807, 2.05) is 11.9 Å². The second-order valence-electron chi connectivity index (χ2n) is 3.98. The number of rotatable bonds is 4. The maximum Gasteiger partial charge on any atom is 0.0869 e. The summed E-state index contributed by atoms with van der Waals surface area (Å²) in [7, 11) is 1.91. The van der Waals surface area contributed by atoms with Crippen molar-refractivity contribution in [2.24, 2.45) is 5.73 Å². The van der Waals surface area contributed by atoms with Crippen LogP contribution in [-0.4, -0.2) is 53.9 Å². The first-order valence-electron chi connectivity index (χ1n) is 4.79. The standard InChI is InChI=1S/C9H18N2O2S/c1-11(6-8(10)14)7-9(12)2-4-13-5-3-9/h12H,2-7H2,1H3,(H2,10,14). The van der Waals surface area contributed by atoms with Crippen LogP contribution in [0.25, 0.3) is 0 Å². The molecule has 1 rings (SSSR count). The van der Waals surface area contributed by atoms with Gasteiger partial charge < -0.3 is 15.6 Å². The monoisotopic (exact) mass is 218 g/mol. The Hall–Kier alpha value is -0.230. The number of nitrogens with zero attached hydrogens (tertiary/aromatic N) is 1. The molecule has 1 aliphatic heterocycles. The molecule has 0 saturated carbocycles. The van der Waals surface area contributed by atoms with Crippen molar-refractivity contribution < 1.29 is 9.84 Å². The van der Waals surface area contributed by atoms with Crippen molar-refractivity contribution in [2.45, 2.75) is 18.4 Å². The van der Waals surface area contributed by atoms with Gasteiger partial charge in [-0.15, -0.1) is 0 Å². The topological polar surface area (TPSA) is 58.7 Å². The quantitative estimate of drug-likeness (QED) is 0.637. The summed E-state index contributed by atoms with van der Waals surface area (Å²) in [5, 5.41) is 10.1. The number of hydrogen-bond acceptors (Lipinski definition) is 4. The predicted molar refractivity (Wildman–Crippen MR) is 59.3 cm³/mol. The van der Waals surface area contributed by atoms with Crippen LogP contribution in [0.15, 0.2) is 0 Å². The average Bonchev–Trinajstić information content (AvgIpc) is 2.02. The summed E-state index contributed by atoms with van der Waals surface area (Å²) in [5.41, 5.74) is 4.80. The Balaban J connectivity index is 2.36. The van der Waals surface area contributed by atoms with E-state index in [-0.39, 0.29) is 0 Å². The molecule has 14 heavy (non-hydrogen) atoms. The van der Waals surface area contributed by atoms with Crippen LogP contribution in [0.1, 0.15) is 12.8 Å². The van der Waals surface area contributed by atoms with E-state index in [2.05, 4.69) is 0 Å². The Morgan fingerprint density at radius 1 is 1.57 bits per heavy atom. The van der Waals surface area contributed by atoms with Gasteiger partial charge in [-0.25, -0.2) is 0 Å². The molecule has 0 aromatic heterocycles. The molecule has 0 aromatic rings. The summed E-state index contributed by atoms with van der Waals surface area (Å²) in [5.74, 6) is 0. The first-order chi connectivity index (χ1) is 6.52. The number of nitrogens with two attached hydrogens (primary N) is 1. The van der Waals surface area contributed by atoms with Gasteiger partial charge in [-0.2, -0.15) is 0 Å². The van der Waals surface area contributed by atoms with Crippen molar-refractivity contribution in [1.29, 1.82) is 0 Å². The lowest BCUT2D eigenvalue weighted by atomic mass is 9.94. The van der Waals surface area contributed by atoms with Gasteiger partial charge in [0, 0.05) is 39.1 Å². The van der Waals surface area contributed by atoms with E-state index in [0.29, 0.717) is 44.1 Å². The summed E-state index contributed by atoms with van der Waals surface area (Å²) >= 11 is 4.81. The smallest absolute Gasteiger partial charge is 0.0869 e. The van der Waals surface area contributed by atoms with Gasteiger partial charge in [0.25, 0.3) is 0 Å². The number of thiocarbonyl (C=S) groups is 1. The van der Waals surface area contributed by atoms with Crippen LogP contribution in [0, 0.1) is 0 Å². The summed E-state index contributed by atoms with van der Waals surface area (Å²) in [4.78, 5) is 2.41. The van der Waals surface area contributed by atoms with Crippen LogP contribution in [-0.2, 0) is 4.74 Å². The molecule has 3 N–H and O–H groups in total. The molecular weight excluding hydrogens is 200 g/mol. The van der Waals surface area contributed by atoms with Gasteiger partial charge in [0.15, 0.2) is 0 Å². The van der Waals surface area contributed by atoms with Crippen molar-refractivity contribution in [3.8, 4) is 0 Å². The highest BCUT2D eigenvalue weighted by Crippen LogP contribution is 2.20. The minimum absolute atomic E-state index is 0.461. The second-order valence-corrected chi connectivity index (χ2v) is 4.50. The van der Waals surface area contributed by atoms with E-state index in [0.717, 1.165) is 0 Å². The highest BCUT2D eigenvalue weighted by atomic mass is 32.1. The fraction of sp³-hybridized carbons (Fsp3) is 0.889. The summed E-state index contributed by atoms with van der Waals surface area (Å²) in [6, 6.07) is 0. The number of ether oxygens (including phenoxy) is 1. The summed E-state index contributed by atoms with van der Waals surface area (Å²) < 4.78 is 5.20. The van der Waals surface area contributed by atoms with Gasteiger partial charge >= 0.3 is 0 Å². The third-order valence-corrected chi connectivity index (χ3v) is 2.54. The van der Waals surface area contributed by atoms with Crippen molar-refractivity contribution >= 4 is 17.2 Å². The zero-order valence-electron chi connectivity index (χ0n) is 8.53. The molecule has 1 fully saturated rings. The summed E-state index contributed by atoms with van der Waals surface area (Å²) in [6.07, 6.45) is 1.38. The molecule has 0 spiro atoms. The van der Waals surface area contributed by atoms with Gasteiger partial charge in [-0.05, 0) is 7.05 Å². The van der Waals surface area contributed by atoms with Crippen LogP contribution < -0.4 is 5.73 Å². The normalized spacial score (nSPS) is 21.1. The second kappa shape index (κ2) is 5.02. The highest BCUT2D eigenvalue weighted by Gasteiger charge is 2.30. The molecule has 1 aliphatic rings. The number of hydrogen-bond donors (Lipinski definition) is 2. The zero-order valence-corrected chi connectivity index (χ0v) is 9.35. The van der Waals surface area contributed by atoms with E-state index in [9.17, 15) is 5.11 Å². The van der Waals surface area contributed by atoms with E-state index < -0.39 is 5.60 Å². The van der Waals surface area contributed by atoms with Crippen LogP contribution >= 0.6 is 12.2 Å². The lowest BCUT2D eigenvalue weighted by molar-refractivity contribution is -0.0752. The molecule has 1 heterocycles.